The minimum Gasteiger partial charge on any atom is -0.486 e. The predicted octanol–water partition coefficient (Wildman–Crippen LogP) is 4.15. The van der Waals surface area contributed by atoms with Crippen molar-refractivity contribution in [2.45, 2.75) is 13.0 Å². The van der Waals surface area contributed by atoms with Crippen LogP contribution in [0.4, 0.5) is 18.9 Å². The SMILES string of the molecule is CC(Oc1ccc([N+](=O)[O-])cc1)c1c(F)ccc(F)c1F. The average molecular weight is 297 g/mol. The van der Waals surface area contributed by atoms with E-state index in [1.165, 1.54) is 31.2 Å². The van der Waals surface area contributed by atoms with E-state index in [-0.39, 0.29) is 11.4 Å². The standard InChI is InChI=1S/C14H10F3NO3/c1-8(13-11(15)6-7-12(16)14(13)17)21-10-4-2-9(3-5-10)18(19)20/h2-8H,1H3. The molecule has 2 aromatic rings. The molecule has 0 bridgehead atoms. The zero-order chi connectivity index (χ0) is 15.6. The first-order valence-electron chi connectivity index (χ1n) is 5.94. The fraction of sp³-hybridized carbons (Fsp3) is 0.143. The molecule has 7 heteroatoms. The highest BCUT2D eigenvalue weighted by molar-refractivity contribution is 5.36. The van der Waals surface area contributed by atoms with E-state index in [9.17, 15) is 23.3 Å². The first kappa shape index (κ1) is 14.8. The molecule has 0 fully saturated rings. The highest BCUT2D eigenvalue weighted by Crippen LogP contribution is 2.28. The van der Waals surface area contributed by atoms with Gasteiger partial charge in [0.2, 0.25) is 0 Å². The first-order chi connectivity index (χ1) is 9.90. The number of non-ortho nitro benzene ring substituents is 1. The second kappa shape index (κ2) is 5.82. The van der Waals surface area contributed by atoms with E-state index < -0.39 is 34.0 Å². The van der Waals surface area contributed by atoms with E-state index in [1.807, 2.05) is 0 Å². The van der Waals surface area contributed by atoms with Crippen molar-refractivity contribution in [1.82, 2.24) is 0 Å². The number of ether oxygens (including phenoxy) is 1. The van der Waals surface area contributed by atoms with Crippen LogP contribution in [0.3, 0.4) is 0 Å². The average Bonchev–Trinajstić information content (AvgIpc) is 2.44. The molecule has 0 aliphatic heterocycles. The van der Waals surface area contributed by atoms with Crippen molar-refractivity contribution in [1.29, 1.82) is 0 Å². The van der Waals surface area contributed by atoms with Crippen molar-refractivity contribution >= 4 is 5.69 Å². The van der Waals surface area contributed by atoms with Crippen LogP contribution in [-0.2, 0) is 0 Å². The molecule has 4 nitrogen and oxygen atoms in total. The monoisotopic (exact) mass is 297 g/mol. The lowest BCUT2D eigenvalue weighted by Crippen LogP contribution is -2.09. The van der Waals surface area contributed by atoms with E-state index in [2.05, 4.69) is 0 Å². The van der Waals surface area contributed by atoms with Crippen molar-refractivity contribution in [3.05, 3.63) is 69.5 Å². The molecule has 1 atom stereocenters. The van der Waals surface area contributed by atoms with Crippen LogP contribution < -0.4 is 4.74 Å². The molecular formula is C14H10F3NO3. The molecule has 0 aliphatic rings. The number of halogens is 3. The van der Waals surface area contributed by atoms with Gasteiger partial charge in [0.1, 0.15) is 17.7 Å². The number of hydrogen-bond donors (Lipinski definition) is 0. The highest BCUT2D eigenvalue weighted by Gasteiger charge is 2.21. The Bertz CT molecular complexity index is 674. The zero-order valence-corrected chi connectivity index (χ0v) is 10.8. The van der Waals surface area contributed by atoms with Crippen LogP contribution in [-0.4, -0.2) is 4.92 Å². The third-order valence-corrected chi connectivity index (χ3v) is 2.85. The van der Waals surface area contributed by atoms with Gasteiger partial charge in [0.25, 0.3) is 5.69 Å². The molecule has 0 aromatic heterocycles. The Hall–Kier alpha value is -2.57. The van der Waals surface area contributed by atoms with Crippen molar-refractivity contribution in [3.8, 4) is 5.75 Å². The Morgan fingerprint density at radius 1 is 1.05 bits per heavy atom. The summed E-state index contributed by atoms with van der Waals surface area (Å²) in [5, 5.41) is 10.5. The van der Waals surface area contributed by atoms with E-state index in [1.54, 1.807) is 0 Å². The molecule has 0 amide bonds. The minimum absolute atomic E-state index is 0.141. The van der Waals surface area contributed by atoms with Gasteiger partial charge in [-0.1, -0.05) is 0 Å². The van der Waals surface area contributed by atoms with Gasteiger partial charge in [-0.3, -0.25) is 10.1 Å². The lowest BCUT2D eigenvalue weighted by molar-refractivity contribution is -0.384. The molecule has 0 saturated carbocycles. The molecule has 110 valence electrons. The Morgan fingerprint density at radius 3 is 2.19 bits per heavy atom. The van der Waals surface area contributed by atoms with Gasteiger partial charge in [0, 0.05) is 12.1 Å². The van der Waals surface area contributed by atoms with Crippen molar-refractivity contribution < 1.29 is 22.8 Å². The van der Waals surface area contributed by atoms with E-state index >= 15 is 0 Å². The smallest absolute Gasteiger partial charge is 0.269 e. The summed E-state index contributed by atoms with van der Waals surface area (Å²) in [5.74, 6) is -3.24. The third kappa shape index (κ3) is 3.13. The molecule has 21 heavy (non-hydrogen) atoms. The largest absolute Gasteiger partial charge is 0.486 e. The van der Waals surface area contributed by atoms with Crippen LogP contribution in [0, 0.1) is 27.6 Å². The van der Waals surface area contributed by atoms with Gasteiger partial charge >= 0.3 is 0 Å². The van der Waals surface area contributed by atoms with Crippen LogP contribution in [0.25, 0.3) is 0 Å². The van der Waals surface area contributed by atoms with Gasteiger partial charge in [-0.05, 0) is 31.2 Å². The summed E-state index contributed by atoms with van der Waals surface area (Å²) in [4.78, 5) is 9.92. The lowest BCUT2D eigenvalue weighted by atomic mass is 10.1. The van der Waals surface area contributed by atoms with Crippen LogP contribution in [0.1, 0.15) is 18.6 Å². The zero-order valence-electron chi connectivity index (χ0n) is 10.8. The van der Waals surface area contributed by atoms with Crippen molar-refractivity contribution in [3.63, 3.8) is 0 Å². The molecule has 0 radical (unpaired) electrons. The molecule has 0 heterocycles. The van der Waals surface area contributed by atoms with Crippen LogP contribution in [0.2, 0.25) is 0 Å². The second-order valence-corrected chi connectivity index (χ2v) is 4.27. The summed E-state index contributed by atoms with van der Waals surface area (Å²) in [7, 11) is 0. The topological polar surface area (TPSA) is 52.4 Å². The molecular weight excluding hydrogens is 287 g/mol. The molecule has 0 spiro atoms. The molecule has 0 aliphatic carbocycles. The molecule has 0 N–H and O–H groups in total. The summed E-state index contributed by atoms with van der Waals surface area (Å²) in [6, 6.07) is 6.48. The summed E-state index contributed by atoms with van der Waals surface area (Å²) in [5.41, 5.74) is -0.675. The number of nitro benzene ring substituents is 1. The van der Waals surface area contributed by atoms with Crippen molar-refractivity contribution in [2.75, 3.05) is 0 Å². The number of hydrogen-bond acceptors (Lipinski definition) is 3. The van der Waals surface area contributed by atoms with Crippen LogP contribution >= 0.6 is 0 Å². The van der Waals surface area contributed by atoms with Crippen LogP contribution in [0.15, 0.2) is 36.4 Å². The summed E-state index contributed by atoms with van der Waals surface area (Å²) >= 11 is 0. The molecule has 2 rings (SSSR count). The molecule has 2 aromatic carbocycles. The fourth-order valence-electron chi connectivity index (χ4n) is 1.82. The van der Waals surface area contributed by atoms with Gasteiger partial charge in [-0.2, -0.15) is 0 Å². The first-order valence-corrected chi connectivity index (χ1v) is 5.94. The molecule has 0 saturated heterocycles. The predicted molar refractivity (Wildman–Crippen MR) is 68.5 cm³/mol. The Morgan fingerprint density at radius 2 is 1.62 bits per heavy atom. The molecule has 1 unspecified atom stereocenters. The Balaban J connectivity index is 2.24. The third-order valence-electron chi connectivity index (χ3n) is 2.85. The Labute approximate surface area is 117 Å². The van der Waals surface area contributed by atoms with E-state index in [0.717, 1.165) is 6.07 Å². The van der Waals surface area contributed by atoms with Crippen molar-refractivity contribution in [2.24, 2.45) is 0 Å². The van der Waals surface area contributed by atoms with Gasteiger partial charge in [0.05, 0.1) is 10.5 Å². The number of benzene rings is 2. The van der Waals surface area contributed by atoms with E-state index in [0.29, 0.717) is 6.07 Å². The highest BCUT2D eigenvalue weighted by atomic mass is 19.2. The summed E-state index contributed by atoms with van der Waals surface area (Å²) in [6.45, 7) is 1.35. The second-order valence-electron chi connectivity index (χ2n) is 4.27. The summed E-state index contributed by atoms with van der Waals surface area (Å²) in [6.07, 6.45) is -1.10. The number of rotatable bonds is 4. The Kier molecular flexibility index (Phi) is 4.11. The summed E-state index contributed by atoms with van der Waals surface area (Å²) < 4.78 is 45.6. The van der Waals surface area contributed by atoms with Crippen LogP contribution in [0.5, 0.6) is 5.75 Å². The maximum absolute atomic E-state index is 13.6. The van der Waals surface area contributed by atoms with Gasteiger partial charge in [-0.25, -0.2) is 13.2 Å². The minimum atomic E-state index is -1.32. The quantitative estimate of drug-likeness (QED) is 0.484. The lowest BCUT2D eigenvalue weighted by Gasteiger charge is -2.16. The number of nitrogens with zero attached hydrogens (tertiary/aromatic N) is 1. The fourth-order valence-corrected chi connectivity index (χ4v) is 1.82. The normalized spacial score (nSPS) is 12.0. The maximum Gasteiger partial charge on any atom is 0.269 e. The number of nitro groups is 1. The maximum atomic E-state index is 13.6. The van der Waals surface area contributed by atoms with Gasteiger partial charge in [-0.15, -0.1) is 0 Å². The van der Waals surface area contributed by atoms with E-state index in [4.69, 9.17) is 4.74 Å². The van der Waals surface area contributed by atoms with Gasteiger partial charge < -0.3 is 4.74 Å². The van der Waals surface area contributed by atoms with Gasteiger partial charge in [0.15, 0.2) is 11.6 Å².